The summed E-state index contributed by atoms with van der Waals surface area (Å²) in [6.45, 7) is 0.376. The summed E-state index contributed by atoms with van der Waals surface area (Å²) in [6.07, 6.45) is 3.91. The largest absolute Gasteiger partial charge is 0.383 e. The summed E-state index contributed by atoms with van der Waals surface area (Å²) in [5.74, 6) is 0.488. The molecule has 6 aromatic rings. The number of anilines is 3. The summed E-state index contributed by atoms with van der Waals surface area (Å²) in [4.78, 5) is 18.4. The van der Waals surface area contributed by atoms with E-state index in [-0.39, 0.29) is 0 Å². The molecule has 0 spiro atoms. The Bertz CT molecular complexity index is 1820. The molecule has 3 heterocycles. The van der Waals surface area contributed by atoms with Crippen molar-refractivity contribution < 1.29 is 4.79 Å². The second-order valence-electron chi connectivity index (χ2n) is 9.21. The van der Waals surface area contributed by atoms with Crippen LogP contribution in [-0.2, 0) is 13.6 Å². The fourth-order valence-corrected chi connectivity index (χ4v) is 6.07. The van der Waals surface area contributed by atoms with E-state index in [0.29, 0.717) is 23.7 Å². The zero-order valence-electron chi connectivity index (χ0n) is 20.8. The van der Waals surface area contributed by atoms with Crippen LogP contribution < -0.4 is 22.1 Å². The van der Waals surface area contributed by atoms with Crippen LogP contribution in [0.25, 0.3) is 43.2 Å². The maximum atomic E-state index is 12.4. The van der Waals surface area contributed by atoms with Gasteiger partial charge in [0.2, 0.25) is 0 Å². The molecule has 0 fully saturated rings. The summed E-state index contributed by atoms with van der Waals surface area (Å²) < 4.78 is 3.20. The molecule has 2 amide bonds. The Morgan fingerprint density at radius 1 is 0.974 bits per heavy atom. The number of benzene rings is 3. The Balaban J connectivity index is 1.40. The van der Waals surface area contributed by atoms with Crippen molar-refractivity contribution in [1.29, 1.82) is 0 Å². The average molecular weight is 519 g/mol. The van der Waals surface area contributed by atoms with E-state index in [0.717, 1.165) is 37.9 Å². The van der Waals surface area contributed by atoms with Gasteiger partial charge in [0.1, 0.15) is 5.82 Å². The summed E-state index contributed by atoms with van der Waals surface area (Å²) in [6, 6.07) is 23.2. The summed E-state index contributed by atoms with van der Waals surface area (Å²) in [5.41, 5.74) is 25.5. The lowest BCUT2D eigenvalue weighted by atomic mass is 10.0. The van der Waals surface area contributed by atoms with Crippen LogP contribution in [0.4, 0.5) is 22.0 Å². The number of hydrogen-bond acceptors (Lipinski definition) is 5. The number of pyridine rings is 1. The van der Waals surface area contributed by atoms with Crippen molar-refractivity contribution in [1.82, 2.24) is 9.55 Å². The van der Waals surface area contributed by atoms with E-state index in [1.165, 1.54) is 15.8 Å². The monoisotopic (exact) mass is 518 g/mol. The highest BCUT2D eigenvalue weighted by Gasteiger charge is 2.18. The van der Waals surface area contributed by atoms with Gasteiger partial charge in [-0.15, -0.1) is 11.3 Å². The van der Waals surface area contributed by atoms with Crippen molar-refractivity contribution in [2.24, 2.45) is 18.5 Å². The third kappa shape index (κ3) is 3.96. The lowest BCUT2D eigenvalue weighted by molar-refractivity contribution is 0.256. The third-order valence-corrected chi connectivity index (χ3v) is 7.90. The highest BCUT2D eigenvalue weighted by Crippen LogP contribution is 2.42. The fourth-order valence-electron chi connectivity index (χ4n) is 4.95. The van der Waals surface area contributed by atoms with Crippen LogP contribution in [-0.4, -0.2) is 15.6 Å². The molecular formula is C30H26N6OS. The second kappa shape index (κ2) is 9.33. The predicted octanol–water partition coefficient (Wildman–Crippen LogP) is 6.38. The van der Waals surface area contributed by atoms with Crippen molar-refractivity contribution in [3.63, 3.8) is 0 Å². The van der Waals surface area contributed by atoms with Crippen LogP contribution in [0.2, 0.25) is 0 Å². The number of amides is 2. The molecule has 3 aromatic heterocycles. The lowest BCUT2D eigenvalue weighted by Gasteiger charge is -2.21. The van der Waals surface area contributed by atoms with Crippen molar-refractivity contribution in [2.75, 3.05) is 10.6 Å². The van der Waals surface area contributed by atoms with E-state index >= 15 is 0 Å². The van der Waals surface area contributed by atoms with Gasteiger partial charge in [-0.05, 0) is 64.5 Å². The molecule has 188 valence electrons. The first kappa shape index (κ1) is 23.7. The molecule has 0 aliphatic carbocycles. The van der Waals surface area contributed by atoms with E-state index in [1.807, 2.05) is 61.8 Å². The summed E-state index contributed by atoms with van der Waals surface area (Å²) >= 11 is 1.65. The normalized spacial score (nSPS) is 11.3. The zero-order valence-corrected chi connectivity index (χ0v) is 21.6. The first-order valence-corrected chi connectivity index (χ1v) is 13.0. The van der Waals surface area contributed by atoms with Crippen LogP contribution in [0.1, 0.15) is 5.56 Å². The minimum Gasteiger partial charge on any atom is -0.383 e. The Morgan fingerprint density at radius 2 is 1.76 bits per heavy atom. The number of nitrogen functional groups attached to an aromatic ring is 1. The number of nitrogens with zero attached hydrogens (tertiary/aromatic N) is 3. The zero-order chi connectivity index (χ0) is 26.4. The van der Waals surface area contributed by atoms with E-state index < -0.39 is 6.03 Å². The number of urea groups is 1. The third-order valence-electron chi connectivity index (χ3n) is 6.88. The van der Waals surface area contributed by atoms with Crippen LogP contribution in [0.15, 0.2) is 90.6 Å². The highest BCUT2D eigenvalue weighted by molar-refractivity contribution is 7.18. The molecule has 6 N–H and O–H groups in total. The van der Waals surface area contributed by atoms with E-state index in [1.54, 1.807) is 11.3 Å². The van der Waals surface area contributed by atoms with Crippen molar-refractivity contribution in [3.05, 3.63) is 96.1 Å². The molecule has 7 nitrogen and oxygen atoms in total. The van der Waals surface area contributed by atoms with Gasteiger partial charge in [0, 0.05) is 58.1 Å². The van der Waals surface area contributed by atoms with Gasteiger partial charge < -0.3 is 21.8 Å². The average Bonchev–Trinajstić information content (AvgIpc) is 3.54. The Labute approximate surface area is 223 Å². The molecule has 0 radical (unpaired) electrons. The number of nitrogens with two attached hydrogens (primary N) is 3. The molecule has 0 unspecified atom stereocenters. The second-order valence-corrected chi connectivity index (χ2v) is 10.1. The van der Waals surface area contributed by atoms with E-state index in [9.17, 15) is 4.79 Å². The minimum atomic E-state index is -0.568. The van der Waals surface area contributed by atoms with Gasteiger partial charge in [-0.3, -0.25) is 4.90 Å². The topological polar surface area (TPSA) is 116 Å². The van der Waals surface area contributed by atoms with Gasteiger partial charge in [0.15, 0.2) is 0 Å². The minimum absolute atomic E-state index is 0.376. The Kier molecular flexibility index (Phi) is 5.83. The molecule has 0 aliphatic rings. The number of aryl methyl sites for hydroxylation is 1. The number of carbonyl (C=O) groups is 1. The predicted molar refractivity (Wildman–Crippen MR) is 157 cm³/mol. The molecule has 8 heteroatoms. The number of primary amides is 1. The molecule has 0 bridgehead atoms. The van der Waals surface area contributed by atoms with Crippen LogP contribution >= 0.6 is 11.3 Å². The number of thiophene rings is 1. The molecular weight excluding hydrogens is 492 g/mol. The van der Waals surface area contributed by atoms with E-state index in [4.69, 9.17) is 17.2 Å². The van der Waals surface area contributed by atoms with Crippen LogP contribution in [0, 0.1) is 0 Å². The highest BCUT2D eigenvalue weighted by atomic mass is 32.1. The van der Waals surface area contributed by atoms with Gasteiger partial charge in [0.25, 0.3) is 0 Å². The lowest BCUT2D eigenvalue weighted by Crippen LogP contribution is -2.31. The number of hydrogen-bond donors (Lipinski definition) is 3. The molecule has 6 rings (SSSR count). The van der Waals surface area contributed by atoms with Gasteiger partial charge in [0.05, 0.1) is 11.4 Å². The molecule has 0 saturated carbocycles. The SMILES string of the molecule is Cn1ccc2cc(-c3cnc(N)c4c(-c5ccc(N(C(N)=O)c6cccc(CN)c6)cc5)csc34)ccc21. The quantitative estimate of drug-likeness (QED) is 0.245. The van der Waals surface area contributed by atoms with Crippen molar-refractivity contribution in [3.8, 4) is 22.3 Å². The van der Waals surface area contributed by atoms with Gasteiger partial charge in [-0.2, -0.15) is 0 Å². The number of rotatable bonds is 5. The van der Waals surface area contributed by atoms with Gasteiger partial charge in [-0.25, -0.2) is 9.78 Å². The Hall–Kier alpha value is -4.66. The maximum absolute atomic E-state index is 12.4. The van der Waals surface area contributed by atoms with Gasteiger partial charge >= 0.3 is 6.03 Å². The number of aromatic nitrogens is 2. The van der Waals surface area contributed by atoms with Gasteiger partial charge in [-0.1, -0.05) is 30.3 Å². The van der Waals surface area contributed by atoms with Crippen LogP contribution in [0.3, 0.4) is 0 Å². The van der Waals surface area contributed by atoms with E-state index in [2.05, 4.69) is 45.4 Å². The van der Waals surface area contributed by atoms with Crippen molar-refractivity contribution in [2.45, 2.75) is 6.54 Å². The smallest absolute Gasteiger partial charge is 0.323 e. The van der Waals surface area contributed by atoms with Crippen molar-refractivity contribution >= 4 is 55.5 Å². The summed E-state index contributed by atoms with van der Waals surface area (Å²) in [7, 11) is 2.04. The molecule has 3 aromatic carbocycles. The number of carbonyl (C=O) groups excluding carboxylic acids is 1. The maximum Gasteiger partial charge on any atom is 0.323 e. The molecule has 0 atom stereocenters. The molecule has 0 aliphatic heterocycles. The standard InChI is InChI=1S/C30H26N6OS/c1-35-12-11-21-14-20(7-10-26(21)35)24-16-34-29(32)27-25(17-38-28(24)27)19-5-8-22(9-6-19)36(30(33)37)23-4-2-3-18(13-23)15-31/h2-14,16-17H,15,31H2,1H3,(H2,32,34)(H2,33,37). The Morgan fingerprint density at radius 3 is 2.53 bits per heavy atom. The van der Waals surface area contributed by atoms with Crippen LogP contribution in [0.5, 0.6) is 0 Å². The first-order valence-electron chi connectivity index (χ1n) is 12.1. The molecule has 0 saturated heterocycles. The first-order chi connectivity index (χ1) is 18.4. The fraction of sp³-hybridized carbons (Fsp3) is 0.0667. The number of fused-ring (bicyclic) bond motifs is 2. The molecule has 38 heavy (non-hydrogen) atoms. The summed E-state index contributed by atoms with van der Waals surface area (Å²) in [5, 5.41) is 4.22.